The smallest absolute Gasteiger partial charge is 0.306 e. The van der Waals surface area contributed by atoms with Crippen LogP contribution in [0.25, 0.3) is 0 Å². The van der Waals surface area contributed by atoms with Crippen molar-refractivity contribution in [2.75, 3.05) is 13.2 Å². The molecule has 0 saturated carbocycles. The highest BCUT2D eigenvalue weighted by Gasteiger charge is 2.19. The van der Waals surface area contributed by atoms with Crippen molar-refractivity contribution in [3.05, 3.63) is 36.5 Å². The van der Waals surface area contributed by atoms with E-state index in [0.717, 1.165) is 89.9 Å². The minimum absolute atomic E-state index is 0.0820. The van der Waals surface area contributed by atoms with Gasteiger partial charge in [-0.1, -0.05) is 186 Å². The van der Waals surface area contributed by atoms with E-state index in [2.05, 4.69) is 57.2 Å². The molecule has 0 rings (SSSR count). The van der Waals surface area contributed by atoms with Crippen LogP contribution in [0, 0.1) is 0 Å². The number of carbonyl (C=O) groups is 3. The lowest BCUT2D eigenvalue weighted by atomic mass is 10.0. The van der Waals surface area contributed by atoms with Crippen LogP contribution < -0.4 is 0 Å². The summed E-state index contributed by atoms with van der Waals surface area (Å²) in [7, 11) is 0. The Morgan fingerprint density at radius 1 is 0.404 bits per heavy atom. The topological polar surface area (TPSA) is 78.9 Å². The number of ether oxygens (including phenoxy) is 3. The van der Waals surface area contributed by atoms with Crippen LogP contribution in [-0.4, -0.2) is 37.2 Å². The zero-order valence-electron chi connectivity index (χ0n) is 34.3. The summed E-state index contributed by atoms with van der Waals surface area (Å²) in [5.74, 6) is -0.924. The van der Waals surface area contributed by atoms with Gasteiger partial charge in [-0.15, -0.1) is 0 Å². The van der Waals surface area contributed by atoms with Gasteiger partial charge in [0, 0.05) is 19.3 Å². The van der Waals surface area contributed by atoms with Crippen molar-refractivity contribution in [2.45, 2.75) is 226 Å². The summed E-state index contributed by atoms with van der Waals surface area (Å²) in [4.78, 5) is 37.4. The monoisotopic (exact) mass is 731 g/mol. The molecular weight excluding hydrogens is 648 g/mol. The third kappa shape index (κ3) is 38.9. The fourth-order valence-corrected chi connectivity index (χ4v) is 6.10. The molecule has 0 aliphatic carbocycles. The Labute approximate surface area is 321 Å². The normalized spacial score (nSPS) is 12.3. The molecule has 52 heavy (non-hydrogen) atoms. The Morgan fingerprint density at radius 2 is 0.750 bits per heavy atom. The molecule has 1 atom stereocenters. The van der Waals surface area contributed by atoms with Crippen LogP contribution in [0.1, 0.15) is 220 Å². The standard InChI is InChI=1S/C46H82O6/c1-4-7-10-13-15-17-19-21-22-23-25-26-28-30-33-36-39-45(48)51-42-43(41-50-44(47)38-35-32-12-9-6-3)52-46(49)40-37-34-31-29-27-24-20-18-16-14-11-8-5-2/h8,11,16,18,24,27,43H,4-7,9-10,12-15,17,19-23,25-26,28-42H2,1-3H3/b11-8-,18-16-,27-24-. The highest BCUT2D eigenvalue weighted by Crippen LogP contribution is 2.15. The first-order chi connectivity index (χ1) is 25.5. The maximum absolute atomic E-state index is 12.6. The molecule has 0 saturated heterocycles. The van der Waals surface area contributed by atoms with Gasteiger partial charge in [-0.25, -0.2) is 0 Å². The van der Waals surface area contributed by atoms with E-state index < -0.39 is 6.10 Å². The second-order valence-corrected chi connectivity index (χ2v) is 14.6. The van der Waals surface area contributed by atoms with Crippen LogP contribution in [-0.2, 0) is 28.6 Å². The quantitative estimate of drug-likeness (QED) is 0.0271. The molecule has 0 fully saturated rings. The molecule has 0 heterocycles. The summed E-state index contributed by atoms with van der Waals surface area (Å²) in [5, 5.41) is 0. The number of unbranched alkanes of at least 4 members (excludes halogenated alkanes) is 22. The van der Waals surface area contributed by atoms with Gasteiger partial charge >= 0.3 is 17.9 Å². The third-order valence-electron chi connectivity index (χ3n) is 9.41. The van der Waals surface area contributed by atoms with E-state index in [-0.39, 0.29) is 31.1 Å². The van der Waals surface area contributed by atoms with Gasteiger partial charge in [-0.3, -0.25) is 14.4 Å². The van der Waals surface area contributed by atoms with E-state index in [1.165, 1.54) is 89.9 Å². The molecular formula is C46H82O6. The van der Waals surface area contributed by atoms with Crippen LogP contribution in [0.2, 0.25) is 0 Å². The molecule has 0 aromatic heterocycles. The van der Waals surface area contributed by atoms with Gasteiger partial charge in [0.2, 0.25) is 0 Å². The third-order valence-corrected chi connectivity index (χ3v) is 9.41. The molecule has 0 amide bonds. The van der Waals surface area contributed by atoms with E-state index in [9.17, 15) is 14.4 Å². The highest BCUT2D eigenvalue weighted by molar-refractivity contribution is 5.71. The molecule has 302 valence electrons. The van der Waals surface area contributed by atoms with Crippen LogP contribution in [0.5, 0.6) is 0 Å². The average Bonchev–Trinajstić information content (AvgIpc) is 3.14. The average molecular weight is 731 g/mol. The van der Waals surface area contributed by atoms with E-state index in [4.69, 9.17) is 14.2 Å². The second-order valence-electron chi connectivity index (χ2n) is 14.6. The van der Waals surface area contributed by atoms with E-state index in [1.807, 2.05) is 0 Å². The molecule has 0 aliphatic rings. The van der Waals surface area contributed by atoms with Gasteiger partial charge in [0.05, 0.1) is 0 Å². The highest BCUT2D eigenvalue weighted by atomic mass is 16.6. The molecule has 0 aromatic rings. The lowest BCUT2D eigenvalue weighted by Crippen LogP contribution is -2.30. The van der Waals surface area contributed by atoms with Crippen LogP contribution >= 0.6 is 0 Å². The van der Waals surface area contributed by atoms with Gasteiger partial charge < -0.3 is 14.2 Å². The summed E-state index contributed by atoms with van der Waals surface area (Å²) in [6.45, 7) is 6.41. The van der Waals surface area contributed by atoms with Crippen molar-refractivity contribution in [1.29, 1.82) is 0 Å². The van der Waals surface area contributed by atoms with Crippen molar-refractivity contribution in [3.8, 4) is 0 Å². The maximum atomic E-state index is 12.6. The molecule has 0 aromatic carbocycles. The van der Waals surface area contributed by atoms with Crippen molar-refractivity contribution in [1.82, 2.24) is 0 Å². The van der Waals surface area contributed by atoms with Gasteiger partial charge in [-0.05, 0) is 51.4 Å². The van der Waals surface area contributed by atoms with Crippen LogP contribution in [0.3, 0.4) is 0 Å². The lowest BCUT2D eigenvalue weighted by molar-refractivity contribution is -0.167. The number of esters is 3. The Morgan fingerprint density at radius 3 is 1.17 bits per heavy atom. The van der Waals surface area contributed by atoms with Gasteiger partial charge in [0.25, 0.3) is 0 Å². The summed E-state index contributed by atoms with van der Waals surface area (Å²) in [6, 6.07) is 0. The first kappa shape index (κ1) is 49.6. The fraction of sp³-hybridized carbons (Fsp3) is 0.804. The zero-order valence-corrected chi connectivity index (χ0v) is 34.3. The van der Waals surface area contributed by atoms with E-state index in [1.54, 1.807) is 0 Å². The minimum Gasteiger partial charge on any atom is -0.462 e. The Balaban J connectivity index is 4.24. The summed E-state index contributed by atoms with van der Waals surface area (Å²) < 4.78 is 16.6. The number of allylic oxidation sites excluding steroid dienone is 6. The molecule has 0 bridgehead atoms. The van der Waals surface area contributed by atoms with Gasteiger partial charge in [-0.2, -0.15) is 0 Å². The molecule has 0 spiro atoms. The lowest BCUT2D eigenvalue weighted by Gasteiger charge is -2.18. The zero-order chi connectivity index (χ0) is 38.0. The predicted molar refractivity (Wildman–Crippen MR) is 219 cm³/mol. The second kappa shape index (κ2) is 41.4. The van der Waals surface area contributed by atoms with E-state index >= 15 is 0 Å². The fourth-order valence-electron chi connectivity index (χ4n) is 6.10. The number of rotatable bonds is 39. The van der Waals surface area contributed by atoms with Crippen molar-refractivity contribution in [3.63, 3.8) is 0 Å². The molecule has 0 aliphatic heterocycles. The van der Waals surface area contributed by atoms with Crippen molar-refractivity contribution < 1.29 is 28.6 Å². The Hall–Kier alpha value is -2.37. The van der Waals surface area contributed by atoms with Gasteiger partial charge in [0.1, 0.15) is 13.2 Å². The first-order valence-electron chi connectivity index (χ1n) is 22.0. The SMILES string of the molecule is CC/C=C\C/C=C\C/C=C\CCCCCC(=O)OC(COC(=O)CCCCCCC)COC(=O)CCCCCCCCCCCCCCCCCC. The molecule has 1 unspecified atom stereocenters. The molecule has 6 nitrogen and oxygen atoms in total. The minimum atomic E-state index is -0.778. The first-order valence-corrected chi connectivity index (χ1v) is 22.0. The van der Waals surface area contributed by atoms with Crippen molar-refractivity contribution >= 4 is 17.9 Å². The summed E-state index contributed by atoms with van der Waals surface area (Å²) in [6.07, 6.45) is 45.9. The molecule has 0 N–H and O–H groups in total. The maximum Gasteiger partial charge on any atom is 0.306 e. The number of hydrogen-bond acceptors (Lipinski definition) is 6. The predicted octanol–water partition coefficient (Wildman–Crippen LogP) is 13.8. The van der Waals surface area contributed by atoms with Crippen LogP contribution in [0.15, 0.2) is 36.5 Å². The van der Waals surface area contributed by atoms with Crippen molar-refractivity contribution in [2.24, 2.45) is 0 Å². The van der Waals surface area contributed by atoms with Gasteiger partial charge in [0.15, 0.2) is 6.10 Å². The van der Waals surface area contributed by atoms with Crippen LogP contribution in [0.4, 0.5) is 0 Å². The Kier molecular flexibility index (Phi) is 39.5. The van der Waals surface area contributed by atoms with E-state index in [0.29, 0.717) is 19.3 Å². The number of carbonyl (C=O) groups excluding carboxylic acids is 3. The molecule has 0 radical (unpaired) electrons. The number of hydrogen-bond donors (Lipinski definition) is 0. The molecule has 6 heteroatoms. The largest absolute Gasteiger partial charge is 0.462 e. The summed E-state index contributed by atoms with van der Waals surface area (Å²) in [5.41, 5.74) is 0. The Bertz CT molecular complexity index is 891. The summed E-state index contributed by atoms with van der Waals surface area (Å²) >= 11 is 0.